The Morgan fingerprint density at radius 2 is 1.02 bits per heavy atom. The zero-order chi connectivity index (χ0) is 43.7. The van der Waals surface area contributed by atoms with Crippen molar-refractivity contribution in [3.8, 4) is 0 Å². The molecular weight excluding hydrogens is 755 g/mol. The summed E-state index contributed by atoms with van der Waals surface area (Å²) < 4.78 is 11.3. The van der Waals surface area contributed by atoms with Crippen molar-refractivity contribution in [1.29, 1.82) is 0 Å². The van der Waals surface area contributed by atoms with Gasteiger partial charge in [0.2, 0.25) is 5.91 Å². The van der Waals surface area contributed by atoms with Crippen molar-refractivity contribution in [2.45, 2.75) is 243 Å². The molecule has 60 heavy (non-hydrogen) atoms. The summed E-state index contributed by atoms with van der Waals surface area (Å²) >= 11 is 0. The summed E-state index contributed by atoms with van der Waals surface area (Å²) in [6, 6.07) is -0.751. The maximum absolute atomic E-state index is 13.0. The molecule has 1 aliphatic heterocycles. The van der Waals surface area contributed by atoms with Crippen LogP contribution in [0.3, 0.4) is 0 Å². The molecule has 0 aromatic carbocycles. The van der Waals surface area contributed by atoms with Crippen LogP contribution < -0.4 is 5.32 Å². The third-order valence-corrected chi connectivity index (χ3v) is 11.4. The monoisotopic (exact) mass is 846 g/mol. The Balaban J connectivity index is 2.34. The second-order valence-electron chi connectivity index (χ2n) is 16.9. The lowest BCUT2D eigenvalue weighted by Gasteiger charge is -2.40. The topological polar surface area (TPSA) is 149 Å². The van der Waals surface area contributed by atoms with Crippen molar-refractivity contribution >= 4 is 5.91 Å². The second kappa shape index (κ2) is 40.9. The van der Waals surface area contributed by atoms with Gasteiger partial charge in [0.25, 0.3) is 0 Å². The quantitative estimate of drug-likeness (QED) is 0.0264. The number of carbonyl (C=O) groups is 1. The number of nitrogens with one attached hydrogen (secondary N) is 1. The van der Waals surface area contributed by atoms with Gasteiger partial charge < -0.3 is 40.3 Å². The maximum Gasteiger partial charge on any atom is 0.220 e. The maximum atomic E-state index is 13.0. The summed E-state index contributed by atoms with van der Waals surface area (Å²) in [5.74, 6) is -0.202. The molecule has 6 N–H and O–H groups in total. The van der Waals surface area contributed by atoms with E-state index in [0.717, 1.165) is 57.8 Å². The van der Waals surface area contributed by atoms with E-state index in [1.54, 1.807) is 0 Å². The van der Waals surface area contributed by atoms with E-state index < -0.39 is 49.5 Å². The molecule has 0 saturated carbocycles. The van der Waals surface area contributed by atoms with Gasteiger partial charge in [0, 0.05) is 6.42 Å². The van der Waals surface area contributed by atoms with Gasteiger partial charge in [-0.05, 0) is 51.4 Å². The Hall–Kier alpha value is -2.11. The molecule has 7 atom stereocenters. The highest BCUT2D eigenvalue weighted by atomic mass is 16.7. The molecule has 0 aliphatic carbocycles. The third-order valence-electron chi connectivity index (χ3n) is 11.4. The number of ether oxygens (including phenoxy) is 2. The number of aliphatic hydroxyl groups is 5. The van der Waals surface area contributed by atoms with E-state index in [0.29, 0.717) is 12.8 Å². The fourth-order valence-corrected chi connectivity index (χ4v) is 7.49. The van der Waals surface area contributed by atoms with E-state index in [-0.39, 0.29) is 18.9 Å². The van der Waals surface area contributed by atoms with Gasteiger partial charge in [0.15, 0.2) is 6.29 Å². The van der Waals surface area contributed by atoms with Gasteiger partial charge in [-0.2, -0.15) is 0 Å². The van der Waals surface area contributed by atoms with Gasteiger partial charge in [-0.25, -0.2) is 0 Å². The SMILES string of the molecule is CC/C=C\C/C=C\C/C=C\C/C=C\C/C=C\CCCC(=O)NC(COC1OC(CO)C(O)C(O)C1O)C(O)CCCCCCCCCCCCCCCCCCCCCC. The smallest absolute Gasteiger partial charge is 0.220 e. The van der Waals surface area contributed by atoms with Gasteiger partial charge >= 0.3 is 0 Å². The number of unbranched alkanes of at least 4 members (excludes halogenated alkanes) is 20. The van der Waals surface area contributed by atoms with Crippen LogP contribution in [-0.4, -0.2) is 87.5 Å². The van der Waals surface area contributed by atoms with Gasteiger partial charge in [0.1, 0.15) is 24.4 Å². The van der Waals surface area contributed by atoms with Crippen LogP contribution in [0.15, 0.2) is 60.8 Å². The lowest BCUT2D eigenvalue weighted by molar-refractivity contribution is -0.302. The summed E-state index contributed by atoms with van der Waals surface area (Å²) in [5.41, 5.74) is 0. The number of hydrogen-bond donors (Lipinski definition) is 6. The molecule has 0 bridgehead atoms. The Kier molecular flexibility index (Phi) is 38.1. The number of rotatable bonds is 40. The number of carbonyl (C=O) groups excluding carboxylic acids is 1. The zero-order valence-corrected chi connectivity index (χ0v) is 38.2. The van der Waals surface area contributed by atoms with Crippen LogP contribution in [0.25, 0.3) is 0 Å². The van der Waals surface area contributed by atoms with E-state index in [1.165, 1.54) is 109 Å². The first kappa shape index (κ1) is 55.9. The minimum atomic E-state index is -1.57. The van der Waals surface area contributed by atoms with Crippen molar-refractivity contribution in [2.24, 2.45) is 0 Å². The Morgan fingerprint density at radius 3 is 1.47 bits per heavy atom. The average molecular weight is 846 g/mol. The summed E-state index contributed by atoms with van der Waals surface area (Å²) in [5, 5.41) is 54.4. The fraction of sp³-hybridized carbons (Fsp3) is 0.784. The summed E-state index contributed by atoms with van der Waals surface area (Å²) in [6.07, 6.45) is 46.6. The summed E-state index contributed by atoms with van der Waals surface area (Å²) in [7, 11) is 0. The Morgan fingerprint density at radius 1 is 0.583 bits per heavy atom. The van der Waals surface area contributed by atoms with Gasteiger partial charge in [0.05, 0.1) is 25.4 Å². The van der Waals surface area contributed by atoms with Crippen molar-refractivity contribution in [3.05, 3.63) is 60.8 Å². The molecule has 0 aromatic heterocycles. The molecule has 7 unspecified atom stereocenters. The lowest BCUT2D eigenvalue weighted by Crippen LogP contribution is -2.60. The normalized spacial score (nSPS) is 21.1. The minimum Gasteiger partial charge on any atom is -0.394 e. The predicted octanol–water partition coefficient (Wildman–Crippen LogP) is 10.8. The van der Waals surface area contributed by atoms with Crippen molar-refractivity contribution < 1.29 is 39.8 Å². The first-order valence-corrected chi connectivity index (χ1v) is 24.5. The molecule has 1 rings (SSSR count). The molecule has 9 nitrogen and oxygen atoms in total. The van der Waals surface area contributed by atoms with Crippen molar-refractivity contribution in [1.82, 2.24) is 5.32 Å². The Labute approximate surface area is 366 Å². The number of amides is 1. The molecule has 0 aromatic rings. The fourth-order valence-electron chi connectivity index (χ4n) is 7.49. The zero-order valence-electron chi connectivity index (χ0n) is 38.2. The van der Waals surface area contributed by atoms with E-state index in [1.807, 2.05) is 0 Å². The van der Waals surface area contributed by atoms with E-state index in [4.69, 9.17) is 9.47 Å². The van der Waals surface area contributed by atoms with Gasteiger partial charge in [-0.3, -0.25) is 4.79 Å². The third kappa shape index (κ3) is 30.8. The van der Waals surface area contributed by atoms with Crippen LogP contribution in [0.4, 0.5) is 0 Å². The molecule has 0 radical (unpaired) electrons. The van der Waals surface area contributed by atoms with Gasteiger partial charge in [-0.1, -0.05) is 203 Å². The number of hydrogen-bond acceptors (Lipinski definition) is 8. The molecule has 0 spiro atoms. The van der Waals surface area contributed by atoms with E-state index in [2.05, 4.69) is 79.9 Å². The summed E-state index contributed by atoms with van der Waals surface area (Å²) in [4.78, 5) is 13.0. The largest absolute Gasteiger partial charge is 0.394 e. The van der Waals surface area contributed by atoms with Crippen molar-refractivity contribution in [2.75, 3.05) is 13.2 Å². The predicted molar refractivity (Wildman–Crippen MR) is 249 cm³/mol. The van der Waals surface area contributed by atoms with Gasteiger partial charge in [-0.15, -0.1) is 0 Å². The molecular formula is C51H91NO8. The molecule has 1 amide bonds. The first-order chi connectivity index (χ1) is 29.3. The van der Waals surface area contributed by atoms with Crippen LogP contribution in [0.5, 0.6) is 0 Å². The highest BCUT2D eigenvalue weighted by Gasteiger charge is 2.44. The first-order valence-electron chi connectivity index (χ1n) is 24.5. The van der Waals surface area contributed by atoms with Crippen LogP contribution in [0.2, 0.25) is 0 Å². The molecule has 348 valence electrons. The number of aliphatic hydroxyl groups excluding tert-OH is 5. The van der Waals surface area contributed by atoms with E-state index in [9.17, 15) is 30.3 Å². The molecule has 1 aliphatic rings. The number of allylic oxidation sites excluding steroid dienone is 10. The highest BCUT2D eigenvalue weighted by molar-refractivity contribution is 5.76. The summed E-state index contributed by atoms with van der Waals surface area (Å²) in [6.45, 7) is 3.69. The van der Waals surface area contributed by atoms with Crippen LogP contribution in [-0.2, 0) is 14.3 Å². The molecule has 1 saturated heterocycles. The standard InChI is InChI=1S/C51H91NO8/c1-3-5-7-9-11-13-15-17-19-21-22-23-25-26-28-30-32-34-36-38-40-45(54)44(43-59-51-50(58)49(57)48(56)46(42-53)60-51)52-47(55)41-39-37-35-33-31-29-27-24-20-18-16-14-12-10-8-6-4-2/h6,8,12,14,18,20,27,29,33,35,44-46,48-51,53-54,56-58H,3-5,7,9-11,13,15-17,19,21-26,28,30-32,34,36-43H2,1-2H3,(H,52,55)/b8-6-,14-12-,20-18-,29-27-,35-33-. The van der Waals surface area contributed by atoms with Crippen molar-refractivity contribution in [3.63, 3.8) is 0 Å². The minimum absolute atomic E-state index is 0.163. The van der Waals surface area contributed by atoms with E-state index >= 15 is 0 Å². The van der Waals surface area contributed by atoms with Crippen LogP contribution in [0, 0.1) is 0 Å². The Bertz CT molecular complexity index is 1120. The van der Waals surface area contributed by atoms with Crippen LogP contribution >= 0.6 is 0 Å². The molecule has 9 heteroatoms. The average Bonchev–Trinajstić information content (AvgIpc) is 3.25. The lowest BCUT2D eigenvalue weighted by atomic mass is 9.99. The molecule has 1 fully saturated rings. The second-order valence-corrected chi connectivity index (χ2v) is 16.9. The van der Waals surface area contributed by atoms with Crippen LogP contribution in [0.1, 0.15) is 200 Å². The highest BCUT2D eigenvalue weighted by Crippen LogP contribution is 2.23. The molecule has 1 heterocycles.